The summed E-state index contributed by atoms with van der Waals surface area (Å²) in [5.41, 5.74) is -0.315. The van der Waals surface area contributed by atoms with Gasteiger partial charge in [-0.2, -0.15) is 13.2 Å². The average Bonchev–Trinajstić information content (AvgIpc) is 2.31. The monoisotopic (exact) mass is 326 g/mol. The van der Waals surface area contributed by atoms with Gasteiger partial charge in [-0.15, -0.1) is 0 Å². The van der Waals surface area contributed by atoms with Crippen LogP contribution in [0.2, 0.25) is 0 Å². The highest BCUT2D eigenvalue weighted by Gasteiger charge is 2.31. The Bertz CT molecular complexity index is 523. The second-order valence-electron chi connectivity index (χ2n) is 4.84. The van der Waals surface area contributed by atoms with Crippen molar-refractivity contribution < 1.29 is 31.5 Å². The molecule has 22 heavy (non-hydrogen) atoms. The number of hydrogen-bond donors (Lipinski definition) is 1. The number of nitrogens with one attached hydrogen (secondary N) is 1. The van der Waals surface area contributed by atoms with Gasteiger partial charge in [0.25, 0.3) is 0 Å². The summed E-state index contributed by atoms with van der Waals surface area (Å²) in [6, 6.07) is 0.383. The van der Waals surface area contributed by atoms with Gasteiger partial charge in [-0.1, -0.05) is 0 Å². The van der Waals surface area contributed by atoms with Crippen LogP contribution in [0, 0.1) is 11.6 Å². The fraction of sp³-hybridized carbons (Fsp3) is 0.462. The molecule has 0 saturated heterocycles. The van der Waals surface area contributed by atoms with Gasteiger partial charge in [-0.3, -0.25) is 0 Å². The molecule has 2 amide bonds. The predicted molar refractivity (Wildman–Crippen MR) is 69.8 cm³/mol. The van der Waals surface area contributed by atoms with Gasteiger partial charge in [-0.25, -0.2) is 13.6 Å². The summed E-state index contributed by atoms with van der Waals surface area (Å²) in [7, 11) is 0.909. The number of benzene rings is 1. The highest BCUT2D eigenvalue weighted by Crippen LogP contribution is 2.27. The van der Waals surface area contributed by atoms with Crippen LogP contribution in [0.15, 0.2) is 12.1 Å². The van der Waals surface area contributed by atoms with Crippen LogP contribution in [0.3, 0.4) is 0 Å². The first-order chi connectivity index (χ1) is 9.99. The van der Waals surface area contributed by atoms with E-state index >= 15 is 0 Å². The summed E-state index contributed by atoms with van der Waals surface area (Å²) in [5, 5.41) is 1.98. The molecule has 0 aromatic heterocycles. The number of urea groups is 1. The number of nitrogens with zero attached hydrogens (tertiary/aromatic N) is 1. The predicted octanol–water partition coefficient (Wildman–Crippen LogP) is 3.78. The van der Waals surface area contributed by atoms with Crippen molar-refractivity contribution in [1.29, 1.82) is 0 Å². The molecule has 124 valence electrons. The van der Waals surface area contributed by atoms with E-state index in [-0.39, 0.29) is 5.69 Å². The molecular weight excluding hydrogens is 311 g/mol. The lowest BCUT2D eigenvalue weighted by Gasteiger charge is -2.20. The number of carbonyl (C=O) groups is 1. The maximum atomic E-state index is 13.7. The summed E-state index contributed by atoms with van der Waals surface area (Å²) >= 11 is 0. The van der Waals surface area contributed by atoms with Crippen molar-refractivity contribution in [3.8, 4) is 5.75 Å². The molecule has 0 aliphatic heterocycles. The summed E-state index contributed by atoms with van der Waals surface area (Å²) in [6.45, 7) is 1.65. The third-order valence-electron chi connectivity index (χ3n) is 2.37. The van der Waals surface area contributed by atoms with E-state index in [1.165, 1.54) is 0 Å². The maximum Gasteiger partial charge on any atom is 0.406 e. The van der Waals surface area contributed by atoms with Crippen molar-refractivity contribution in [2.24, 2.45) is 0 Å². The second-order valence-corrected chi connectivity index (χ2v) is 4.84. The van der Waals surface area contributed by atoms with Gasteiger partial charge in [0.1, 0.15) is 6.54 Å². The summed E-state index contributed by atoms with van der Waals surface area (Å²) < 4.78 is 68.7. The van der Waals surface area contributed by atoms with Crippen LogP contribution in [0.25, 0.3) is 0 Å². The first-order valence-corrected chi connectivity index (χ1v) is 6.24. The van der Waals surface area contributed by atoms with Gasteiger partial charge in [0.15, 0.2) is 17.4 Å². The van der Waals surface area contributed by atoms with E-state index < -0.39 is 42.2 Å². The molecular formula is C13H15F5N2O2. The number of carbonyl (C=O) groups excluding carboxylic acids is 1. The van der Waals surface area contributed by atoms with Gasteiger partial charge < -0.3 is 15.0 Å². The largest absolute Gasteiger partial charge is 0.485 e. The van der Waals surface area contributed by atoms with Crippen molar-refractivity contribution in [3.05, 3.63) is 23.8 Å². The molecule has 0 heterocycles. The number of hydrogen-bond acceptors (Lipinski definition) is 2. The molecule has 0 spiro atoms. The van der Waals surface area contributed by atoms with E-state index in [2.05, 4.69) is 0 Å². The number of alkyl halides is 3. The van der Waals surface area contributed by atoms with Crippen LogP contribution >= 0.6 is 0 Å². The molecule has 0 unspecified atom stereocenters. The van der Waals surface area contributed by atoms with Crippen molar-refractivity contribution in [1.82, 2.24) is 4.90 Å². The van der Waals surface area contributed by atoms with Gasteiger partial charge in [0.2, 0.25) is 0 Å². The third kappa shape index (κ3) is 5.38. The van der Waals surface area contributed by atoms with Gasteiger partial charge in [-0.05, 0) is 13.8 Å². The Labute approximate surface area is 123 Å². The molecule has 1 aromatic carbocycles. The van der Waals surface area contributed by atoms with Crippen LogP contribution in [-0.2, 0) is 0 Å². The number of halogens is 5. The van der Waals surface area contributed by atoms with E-state index in [0.717, 1.165) is 19.2 Å². The minimum Gasteiger partial charge on any atom is -0.485 e. The van der Waals surface area contributed by atoms with Crippen LogP contribution < -0.4 is 10.1 Å². The Hall–Kier alpha value is -2.06. The number of anilines is 1. The first kappa shape index (κ1) is 18.0. The zero-order chi connectivity index (χ0) is 17.1. The van der Waals surface area contributed by atoms with Crippen molar-refractivity contribution in [2.75, 3.05) is 18.9 Å². The lowest BCUT2D eigenvalue weighted by atomic mass is 10.2. The Morgan fingerprint density at radius 2 is 1.77 bits per heavy atom. The molecule has 0 bridgehead atoms. The molecule has 1 N–H and O–H groups in total. The molecule has 0 aliphatic carbocycles. The van der Waals surface area contributed by atoms with Crippen molar-refractivity contribution in [3.63, 3.8) is 0 Å². The quantitative estimate of drug-likeness (QED) is 0.856. The fourth-order valence-corrected chi connectivity index (χ4v) is 1.54. The average molecular weight is 326 g/mol. The Kier molecular flexibility index (Phi) is 5.56. The Morgan fingerprint density at radius 1 is 1.27 bits per heavy atom. The maximum absolute atomic E-state index is 13.7. The minimum absolute atomic E-state index is 0.315. The van der Waals surface area contributed by atoms with E-state index in [1.54, 1.807) is 13.8 Å². The fourth-order valence-electron chi connectivity index (χ4n) is 1.54. The summed E-state index contributed by atoms with van der Waals surface area (Å²) in [5.74, 6) is -2.75. The molecule has 1 aromatic rings. The third-order valence-corrected chi connectivity index (χ3v) is 2.37. The highest BCUT2D eigenvalue weighted by atomic mass is 19.4. The summed E-state index contributed by atoms with van der Waals surface area (Å²) in [4.78, 5) is 11.9. The molecule has 4 nitrogen and oxygen atoms in total. The molecule has 0 aliphatic rings. The van der Waals surface area contributed by atoms with Gasteiger partial charge in [0.05, 0.1) is 6.10 Å². The first-order valence-electron chi connectivity index (χ1n) is 6.24. The van der Waals surface area contributed by atoms with Gasteiger partial charge >= 0.3 is 12.2 Å². The number of amides is 2. The second kappa shape index (κ2) is 6.80. The van der Waals surface area contributed by atoms with E-state index in [0.29, 0.717) is 4.90 Å². The highest BCUT2D eigenvalue weighted by molar-refractivity contribution is 5.89. The van der Waals surface area contributed by atoms with Crippen LogP contribution in [-0.4, -0.2) is 36.8 Å². The molecule has 9 heteroatoms. The van der Waals surface area contributed by atoms with Crippen molar-refractivity contribution in [2.45, 2.75) is 26.1 Å². The Balaban J connectivity index is 2.84. The zero-order valence-corrected chi connectivity index (χ0v) is 12.1. The minimum atomic E-state index is -4.57. The SMILES string of the molecule is CC(C)Oc1c(F)cc(NC(=O)N(C)CC(F)(F)F)cc1F. The molecule has 0 atom stereocenters. The number of rotatable bonds is 4. The van der Waals surface area contributed by atoms with Crippen LogP contribution in [0.5, 0.6) is 5.75 Å². The molecule has 0 fully saturated rings. The smallest absolute Gasteiger partial charge is 0.406 e. The molecule has 1 rings (SSSR count). The topological polar surface area (TPSA) is 41.6 Å². The molecule has 0 saturated carbocycles. The lowest BCUT2D eigenvalue weighted by molar-refractivity contribution is -0.137. The zero-order valence-electron chi connectivity index (χ0n) is 12.1. The molecule has 0 radical (unpaired) electrons. The van der Waals surface area contributed by atoms with Crippen LogP contribution in [0.4, 0.5) is 32.4 Å². The van der Waals surface area contributed by atoms with E-state index in [9.17, 15) is 26.7 Å². The van der Waals surface area contributed by atoms with Crippen molar-refractivity contribution >= 4 is 11.7 Å². The van der Waals surface area contributed by atoms with Crippen LogP contribution in [0.1, 0.15) is 13.8 Å². The van der Waals surface area contributed by atoms with E-state index in [4.69, 9.17) is 4.74 Å². The standard InChI is InChI=1S/C13H15F5N2O2/c1-7(2)22-11-9(14)4-8(5-10(11)15)19-12(21)20(3)6-13(16,17)18/h4-5,7H,6H2,1-3H3,(H,19,21). The summed E-state index contributed by atoms with van der Waals surface area (Å²) in [6.07, 6.45) is -5.04. The van der Waals surface area contributed by atoms with Gasteiger partial charge in [0, 0.05) is 24.9 Å². The van der Waals surface area contributed by atoms with E-state index in [1.807, 2.05) is 5.32 Å². The lowest BCUT2D eigenvalue weighted by Crippen LogP contribution is -2.38. The number of ether oxygens (including phenoxy) is 1. The Morgan fingerprint density at radius 3 is 2.18 bits per heavy atom. The normalized spacial score (nSPS) is 11.5.